The molecule has 152 valence electrons. The Hall–Kier alpha value is -3.51. The van der Waals surface area contributed by atoms with Crippen LogP contribution in [0, 0.1) is 0 Å². The van der Waals surface area contributed by atoms with Gasteiger partial charge in [0.2, 0.25) is 0 Å². The van der Waals surface area contributed by atoms with Gasteiger partial charge in [0.15, 0.2) is 6.61 Å². The van der Waals surface area contributed by atoms with Crippen molar-refractivity contribution in [2.75, 3.05) is 6.61 Å². The molecular formula is C23H18ClNO5. The van der Waals surface area contributed by atoms with Crippen molar-refractivity contribution < 1.29 is 18.4 Å². The zero-order chi connectivity index (χ0) is 21.1. The maximum absolute atomic E-state index is 12.2. The summed E-state index contributed by atoms with van der Waals surface area (Å²) in [6, 6.07) is 17.3. The summed E-state index contributed by atoms with van der Waals surface area (Å²) in [6.45, 7) is 1.55. The van der Waals surface area contributed by atoms with Gasteiger partial charge >= 0.3 is 5.63 Å². The lowest BCUT2D eigenvalue weighted by Gasteiger charge is -2.13. The molecule has 6 nitrogen and oxygen atoms in total. The average Bonchev–Trinajstić information content (AvgIpc) is 3.28. The Balaban J connectivity index is 1.56. The zero-order valence-corrected chi connectivity index (χ0v) is 16.8. The van der Waals surface area contributed by atoms with E-state index in [1.54, 1.807) is 31.4 Å². The van der Waals surface area contributed by atoms with Crippen LogP contribution in [0.2, 0.25) is 5.02 Å². The molecule has 2 aromatic heterocycles. The number of hydrogen-bond acceptors (Lipinski definition) is 5. The lowest BCUT2D eigenvalue weighted by Crippen LogP contribution is -2.31. The quantitative estimate of drug-likeness (QED) is 0.443. The minimum Gasteiger partial charge on any atom is -0.482 e. The van der Waals surface area contributed by atoms with Gasteiger partial charge in [-0.05, 0) is 36.2 Å². The number of furan rings is 1. The third-order valence-corrected chi connectivity index (χ3v) is 4.88. The van der Waals surface area contributed by atoms with Crippen LogP contribution in [0.15, 0.2) is 80.6 Å². The molecule has 4 rings (SSSR count). The Morgan fingerprint density at radius 1 is 1.13 bits per heavy atom. The van der Waals surface area contributed by atoms with Crippen molar-refractivity contribution in [1.82, 2.24) is 5.32 Å². The van der Waals surface area contributed by atoms with E-state index in [4.69, 9.17) is 25.2 Å². The molecule has 2 aromatic carbocycles. The molecule has 0 aliphatic rings. The smallest absolute Gasteiger partial charge is 0.336 e. The molecule has 0 saturated carbocycles. The number of ether oxygens (including phenoxy) is 1. The van der Waals surface area contributed by atoms with Crippen molar-refractivity contribution in [3.63, 3.8) is 0 Å². The molecule has 0 radical (unpaired) electrons. The number of benzene rings is 2. The van der Waals surface area contributed by atoms with Gasteiger partial charge in [-0.15, -0.1) is 0 Å². The van der Waals surface area contributed by atoms with E-state index in [-0.39, 0.29) is 24.3 Å². The molecule has 0 spiro atoms. The lowest BCUT2D eigenvalue weighted by molar-refractivity contribution is -0.123. The highest BCUT2D eigenvalue weighted by Crippen LogP contribution is 2.34. The van der Waals surface area contributed by atoms with Gasteiger partial charge in [0.05, 0.1) is 17.3 Å². The molecule has 30 heavy (non-hydrogen) atoms. The molecule has 1 N–H and O–H groups in total. The van der Waals surface area contributed by atoms with Gasteiger partial charge in [-0.2, -0.15) is 0 Å². The molecule has 1 amide bonds. The molecule has 0 aliphatic carbocycles. The second-order valence-corrected chi connectivity index (χ2v) is 7.12. The highest BCUT2D eigenvalue weighted by atomic mass is 35.5. The van der Waals surface area contributed by atoms with Gasteiger partial charge in [-0.3, -0.25) is 4.79 Å². The summed E-state index contributed by atoms with van der Waals surface area (Å²) in [4.78, 5) is 24.3. The summed E-state index contributed by atoms with van der Waals surface area (Å²) in [7, 11) is 0. The fraction of sp³-hybridized carbons (Fsp3) is 0.130. The van der Waals surface area contributed by atoms with Crippen LogP contribution in [-0.4, -0.2) is 12.5 Å². The van der Waals surface area contributed by atoms with Crippen LogP contribution >= 0.6 is 11.6 Å². The second-order valence-electron chi connectivity index (χ2n) is 6.72. The molecule has 2 heterocycles. The van der Waals surface area contributed by atoms with Gasteiger partial charge in [-0.25, -0.2) is 4.79 Å². The van der Waals surface area contributed by atoms with Crippen molar-refractivity contribution in [2.45, 2.75) is 13.0 Å². The van der Waals surface area contributed by atoms with E-state index < -0.39 is 5.63 Å². The van der Waals surface area contributed by atoms with Crippen LogP contribution in [0.5, 0.6) is 5.75 Å². The third kappa shape index (κ3) is 4.23. The van der Waals surface area contributed by atoms with Gasteiger partial charge < -0.3 is 18.9 Å². The zero-order valence-electron chi connectivity index (χ0n) is 16.1. The van der Waals surface area contributed by atoms with E-state index in [9.17, 15) is 9.59 Å². The van der Waals surface area contributed by atoms with Crippen molar-refractivity contribution in [1.29, 1.82) is 0 Å². The number of nitrogens with one attached hydrogen (secondary N) is 1. The van der Waals surface area contributed by atoms with E-state index in [1.807, 2.05) is 30.3 Å². The van der Waals surface area contributed by atoms with Crippen molar-refractivity contribution in [3.8, 4) is 16.9 Å². The van der Waals surface area contributed by atoms with E-state index in [0.717, 1.165) is 5.56 Å². The maximum atomic E-state index is 12.2. The summed E-state index contributed by atoms with van der Waals surface area (Å²) in [5.74, 6) is 0.551. The first-order valence-electron chi connectivity index (χ1n) is 9.29. The van der Waals surface area contributed by atoms with Gasteiger partial charge in [0.25, 0.3) is 5.91 Å². The van der Waals surface area contributed by atoms with E-state index in [1.165, 1.54) is 12.1 Å². The molecule has 4 aromatic rings. The van der Waals surface area contributed by atoms with Crippen LogP contribution < -0.4 is 15.7 Å². The van der Waals surface area contributed by atoms with Gasteiger partial charge in [-0.1, -0.05) is 41.9 Å². The van der Waals surface area contributed by atoms with E-state index in [2.05, 4.69) is 5.32 Å². The van der Waals surface area contributed by atoms with Crippen LogP contribution in [-0.2, 0) is 4.79 Å². The molecular weight excluding hydrogens is 406 g/mol. The van der Waals surface area contributed by atoms with Crippen molar-refractivity contribution >= 4 is 28.5 Å². The largest absolute Gasteiger partial charge is 0.482 e. The monoisotopic (exact) mass is 423 g/mol. The first-order chi connectivity index (χ1) is 14.5. The first-order valence-corrected chi connectivity index (χ1v) is 9.67. The molecule has 0 bridgehead atoms. The second kappa shape index (κ2) is 8.47. The summed E-state index contributed by atoms with van der Waals surface area (Å²) in [5.41, 5.74) is 1.41. The Morgan fingerprint density at radius 2 is 1.93 bits per heavy atom. The highest BCUT2D eigenvalue weighted by molar-refractivity contribution is 6.33. The lowest BCUT2D eigenvalue weighted by atomic mass is 10.0. The fourth-order valence-electron chi connectivity index (χ4n) is 3.17. The van der Waals surface area contributed by atoms with Crippen LogP contribution in [0.4, 0.5) is 0 Å². The summed E-state index contributed by atoms with van der Waals surface area (Å²) >= 11 is 6.38. The minimum absolute atomic E-state index is 0.248. The predicted molar refractivity (Wildman–Crippen MR) is 114 cm³/mol. The summed E-state index contributed by atoms with van der Waals surface area (Å²) in [6.07, 6.45) is 1.54. The SMILES string of the molecule is CC(NC(=O)COc1cc2oc(=O)cc(-c3ccccc3)c2cc1Cl)c1ccco1. The maximum Gasteiger partial charge on any atom is 0.336 e. The summed E-state index contributed by atoms with van der Waals surface area (Å²) < 4.78 is 16.2. The molecule has 1 atom stereocenters. The Kier molecular flexibility index (Phi) is 5.59. The number of carbonyl (C=O) groups excluding carboxylic acids is 1. The fourth-order valence-corrected chi connectivity index (χ4v) is 3.38. The van der Waals surface area contributed by atoms with Crippen LogP contribution in [0.25, 0.3) is 22.1 Å². The molecule has 0 aliphatic heterocycles. The first kappa shape index (κ1) is 19.8. The molecule has 0 fully saturated rings. The third-order valence-electron chi connectivity index (χ3n) is 4.59. The van der Waals surface area contributed by atoms with Crippen LogP contribution in [0.1, 0.15) is 18.7 Å². The highest BCUT2D eigenvalue weighted by Gasteiger charge is 2.15. The Morgan fingerprint density at radius 3 is 2.67 bits per heavy atom. The number of carbonyl (C=O) groups is 1. The number of hydrogen-bond donors (Lipinski definition) is 1. The number of amides is 1. The standard InChI is InChI=1S/C23H18ClNO5/c1-14(19-8-5-9-28-19)25-22(26)13-29-21-12-20-17(10-18(21)24)16(11-23(27)30-20)15-6-3-2-4-7-15/h2-12,14H,13H2,1H3,(H,25,26). The predicted octanol–water partition coefficient (Wildman–Crippen LogP) is 4.96. The van der Waals surface area contributed by atoms with E-state index >= 15 is 0 Å². The van der Waals surface area contributed by atoms with Crippen molar-refractivity contribution in [2.24, 2.45) is 0 Å². The normalized spacial score (nSPS) is 11.9. The van der Waals surface area contributed by atoms with E-state index in [0.29, 0.717) is 27.3 Å². The minimum atomic E-state index is -0.486. The topological polar surface area (TPSA) is 81.7 Å². The molecule has 0 saturated heterocycles. The van der Waals surface area contributed by atoms with Crippen molar-refractivity contribution in [3.05, 3.63) is 88.1 Å². The summed E-state index contributed by atoms with van der Waals surface area (Å²) in [5, 5.41) is 3.76. The molecule has 1 unspecified atom stereocenters. The Bertz CT molecular complexity index is 1230. The Labute approximate surface area is 177 Å². The van der Waals surface area contributed by atoms with Crippen LogP contribution in [0.3, 0.4) is 0 Å². The number of halogens is 1. The van der Waals surface area contributed by atoms with Gasteiger partial charge in [0, 0.05) is 17.5 Å². The number of rotatable bonds is 6. The van der Waals surface area contributed by atoms with Gasteiger partial charge in [0.1, 0.15) is 17.1 Å². The number of fused-ring (bicyclic) bond motifs is 1. The molecule has 7 heteroatoms. The average molecular weight is 424 g/mol.